The summed E-state index contributed by atoms with van der Waals surface area (Å²) >= 11 is 11.9. The number of fused-ring (bicyclic) bond motifs is 1. The number of amides is 3. The van der Waals surface area contributed by atoms with Gasteiger partial charge in [-0.2, -0.15) is 13.2 Å². The molecule has 39 heavy (non-hydrogen) atoms. The molecule has 0 saturated heterocycles. The number of nitrogens with one attached hydrogen (secondary N) is 3. The SMILES string of the molecule is CC(NC(=O)O)c1nc2cccc(Cl)c2c(=O)n1-c1cccc(NC(=O)Nc2ccc(Cl)c(C(F)(F)F)c2)c1. The van der Waals surface area contributed by atoms with Crippen molar-refractivity contribution in [2.75, 3.05) is 10.6 Å². The Bertz CT molecular complexity index is 1660. The van der Waals surface area contributed by atoms with Crippen LogP contribution >= 0.6 is 23.2 Å². The van der Waals surface area contributed by atoms with Gasteiger partial charge in [0.25, 0.3) is 5.56 Å². The minimum atomic E-state index is -4.71. The van der Waals surface area contributed by atoms with E-state index in [9.17, 15) is 32.7 Å². The Kier molecular flexibility index (Phi) is 7.70. The van der Waals surface area contributed by atoms with E-state index in [4.69, 9.17) is 23.2 Å². The van der Waals surface area contributed by atoms with Gasteiger partial charge in [-0.15, -0.1) is 0 Å². The molecule has 0 saturated carbocycles. The molecule has 202 valence electrons. The minimum Gasteiger partial charge on any atom is -0.465 e. The van der Waals surface area contributed by atoms with Crippen molar-refractivity contribution >= 4 is 57.6 Å². The first kappa shape index (κ1) is 27.7. The van der Waals surface area contributed by atoms with E-state index in [1.807, 2.05) is 0 Å². The lowest BCUT2D eigenvalue weighted by Gasteiger charge is -2.19. The summed E-state index contributed by atoms with van der Waals surface area (Å²) in [6.07, 6.45) is -6.05. The van der Waals surface area contributed by atoms with Crippen LogP contribution in [0.5, 0.6) is 0 Å². The number of hydrogen-bond acceptors (Lipinski definition) is 4. The third kappa shape index (κ3) is 6.07. The van der Waals surface area contributed by atoms with Gasteiger partial charge in [-0.05, 0) is 55.5 Å². The molecule has 0 aliphatic carbocycles. The molecule has 0 bridgehead atoms. The highest BCUT2D eigenvalue weighted by atomic mass is 35.5. The van der Waals surface area contributed by atoms with Gasteiger partial charge in [-0.25, -0.2) is 14.6 Å². The van der Waals surface area contributed by atoms with Gasteiger partial charge in [0.15, 0.2) is 0 Å². The maximum atomic E-state index is 13.5. The van der Waals surface area contributed by atoms with Gasteiger partial charge in [0.2, 0.25) is 0 Å². The molecule has 3 aromatic carbocycles. The van der Waals surface area contributed by atoms with E-state index >= 15 is 0 Å². The number of nitrogens with zero attached hydrogens (tertiary/aromatic N) is 2. The number of carboxylic acid groups (broad SMARTS) is 1. The number of alkyl halides is 3. The van der Waals surface area contributed by atoms with E-state index in [0.717, 1.165) is 10.6 Å². The molecule has 4 rings (SSSR count). The first-order chi connectivity index (χ1) is 18.3. The first-order valence-corrected chi connectivity index (χ1v) is 11.9. The Morgan fingerprint density at radius 3 is 2.31 bits per heavy atom. The summed E-state index contributed by atoms with van der Waals surface area (Å²) in [4.78, 5) is 41.8. The normalized spacial score (nSPS) is 12.2. The monoisotopic (exact) mass is 579 g/mol. The number of benzene rings is 3. The number of aromatic nitrogens is 2. The largest absolute Gasteiger partial charge is 0.465 e. The average Bonchev–Trinajstić information content (AvgIpc) is 2.84. The summed E-state index contributed by atoms with van der Waals surface area (Å²) in [5, 5.41) is 16.0. The number of carbonyl (C=O) groups is 2. The number of halogens is 5. The lowest BCUT2D eigenvalue weighted by atomic mass is 10.2. The van der Waals surface area contributed by atoms with E-state index in [0.29, 0.717) is 6.07 Å². The third-order valence-electron chi connectivity index (χ3n) is 5.49. The molecule has 1 aromatic heterocycles. The molecule has 1 heterocycles. The molecule has 1 unspecified atom stereocenters. The second-order valence-electron chi connectivity index (χ2n) is 8.24. The van der Waals surface area contributed by atoms with E-state index < -0.39 is 40.5 Å². The van der Waals surface area contributed by atoms with E-state index in [-0.39, 0.29) is 38.8 Å². The molecule has 4 N–H and O–H groups in total. The topological polar surface area (TPSA) is 125 Å². The van der Waals surface area contributed by atoms with Crippen molar-refractivity contribution in [3.63, 3.8) is 0 Å². The van der Waals surface area contributed by atoms with Crippen LogP contribution in [-0.4, -0.2) is 26.8 Å². The Labute approximate surface area is 228 Å². The lowest BCUT2D eigenvalue weighted by molar-refractivity contribution is -0.137. The molecular weight excluding hydrogens is 562 g/mol. The van der Waals surface area contributed by atoms with Crippen molar-refractivity contribution in [1.82, 2.24) is 14.9 Å². The predicted molar refractivity (Wildman–Crippen MR) is 141 cm³/mol. The van der Waals surface area contributed by atoms with Crippen molar-refractivity contribution in [1.29, 1.82) is 0 Å². The molecule has 1 atom stereocenters. The number of rotatable bonds is 5. The van der Waals surface area contributed by atoms with Crippen LogP contribution in [0.2, 0.25) is 10.0 Å². The van der Waals surface area contributed by atoms with Crippen LogP contribution in [0, 0.1) is 0 Å². The molecule has 0 radical (unpaired) electrons. The average molecular weight is 580 g/mol. The fourth-order valence-corrected chi connectivity index (χ4v) is 4.31. The molecule has 0 fully saturated rings. The minimum absolute atomic E-state index is 0.0552. The van der Waals surface area contributed by atoms with Crippen LogP contribution in [0.25, 0.3) is 16.6 Å². The van der Waals surface area contributed by atoms with Crippen LogP contribution in [0.1, 0.15) is 24.4 Å². The Balaban J connectivity index is 1.70. The van der Waals surface area contributed by atoms with E-state index in [1.165, 1.54) is 43.3 Å². The van der Waals surface area contributed by atoms with Crippen LogP contribution in [0.4, 0.5) is 34.1 Å². The number of anilines is 2. The van der Waals surface area contributed by atoms with Gasteiger partial charge >= 0.3 is 18.3 Å². The van der Waals surface area contributed by atoms with Crippen LogP contribution in [0.3, 0.4) is 0 Å². The number of hydrogen-bond donors (Lipinski definition) is 4. The molecule has 0 spiro atoms. The van der Waals surface area contributed by atoms with Gasteiger partial charge in [0, 0.05) is 11.4 Å². The van der Waals surface area contributed by atoms with Gasteiger partial charge < -0.3 is 21.1 Å². The summed E-state index contributed by atoms with van der Waals surface area (Å²) in [7, 11) is 0. The van der Waals surface area contributed by atoms with Crippen molar-refractivity contribution in [2.45, 2.75) is 19.1 Å². The van der Waals surface area contributed by atoms with Crippen molar-refractivity contribution < 1.29 is 27.9 Å². The highest BCUT2D eigenvalue weighted by Gasteiger charge is 2.33. The predicted octanol–water partition coefficient (Wildman–Crippen LogP) is 6.68. The van der Waals surface area contributed by atoms with Crippen molar-refractivity contribution in [2.24, 2.45) is 0 Å². The molecule has 0 aliphatic heterocycles. The number of urea groups is 1. The molecular formula is C25H18Cl2F3N5O4. The quantitative estimate of drug-likeness (QED) is 0.210. The third-order valence-corrected chi connectivity index (χ3v) is 6.14. The molecule has 0 aliphatic rings. The van der Waals surface area contributed by atoms with Gasteiger partial charge in [-0.1, -0.05) is 35.3 Å². The Morgan fingerprint density at radius 1 is 0.974 bits per heavy atom. The Morgan fingerprint density at radius 2 is 1.64 bits per heavy atom. The highest BCUT2D eigenvalue weighted by Crippen LogP contribution is 2.36. The highest BCUT2D eigenvalue weighted by molar-refractivity contribution is 6.35. The lowest BCUT2D eigenvalue weighted by Crippen LogP contribution is -2.32. The fraction of sp³-hybridized carbons (Fsp3) is 0.120. The zero-order valence-electron chi connectivity index (χ0n) is 19.8. The zero-order valence-corrected chi connectivity index (χ0v) is 21.3. The fourth-order valence-electron chi connectivity index (χ4n) is 3.83. The van der Waals surface area contributed by atoms with Crippen LogP contribution in [-0.2, 0) is 6.18 Å². The second-order valence-corrected chi connectivity index (χ2v) is 9.05. The van der Waals surface area contributed by atoms with Crippen molar-refractivity contribution in [3.8, 4) is 5.69 Å². The Hall–Kier alpha value is -4.29. The molecule has 3 amide bonds. The van der Waals surface area contributed by atoms with Gasteiger partial charge in [0.05, 0.1) is 38.2 Å². The zero-order chi connectivity index (χ0) is 28.5. The van der Waals surface area contributed by atoms with E-state index in [2.05, 4.69) is 20.9 Å². The van der Waals surface area contributed by atoms with Gasteiger partial charge in [-0.3, -0.25) is 9.36 Å². The molecule has 4 aromatic rings. The second kappa shape index (κ2) is 10.8. The maximum absolute atomic E-state index is 13.5. The summed E-state index contributed by atoms with van der Waals surface area (Å²) < 4.78 is 40.6. The number of carbonyl (C=O) groups excluding carboxylic acids is 1. The first-order valence-electron chi connectivity index (χ1n) is 11.1. The van der Waals surface area contributed by atoms with Crippen molar-refractivity contribution in [3.05, 3.63) is 92.5 Å². The standard InChI is InChI=1S/C25H18Cl2F3N5O4/c1-12(31-24(38)39)21-34-19-7-3-6-18(27)20(19)22(36)35(21)15-5-2-4-13(10-15)32-23(37)33-14-8-9-17(26)16(11-14)25(28,29)30/h2-12,31H,1H3,(H,38,39)(H2,32,33,37). The van der Waals surface area contributed by atoms with E-state index in [1.54, 1.807) is 12.1 Å². The summed E-state index contributed by atoms with van der Waals surface area (Å²) in [5.41, 5.74) is -1.20. The smallest absolute Gasteiger partial charge is 0.417 e. The van der Waals surface area contributed by atoms with Crippen LogP contribution < -0.4 is 21.5 Å². The summed E-state index contributed by atoms with van der Waals surface area (Å²) in [5.74, 6) is 0.0552. The summed E-state index contributed by atoms with van der Waals surface area (Å²) in [6, 6.07) is 11.7. The molecule has 14 heteroatoms. The maximum Gasteiger partial charge on any atom is 0.417 e. The van der Waals surface area contributed by atoms with Crippen LogP contribution in [0.15, 0.2) is 65.5 Å². The van der Waals surface area contributed by atoms with Gasteiger partial charge in [0.1, 0.15) is 5.82 Å². The molecule has 9 nitrogen and oxygen atoms in total. The summed E-state index contributed by atoms with van der Waals surface area (Å²) in [6.45, 7) is 1.50.